The van der Waals surface area contributed by atoms with Crippen LogP contribution < -0.4 is 5.32 Å². The molecule has 0 aliphatic carbocycles. The molecule has 1 amide bonds. The number of rotatable bonds is 6. The van der Waals surface area contributed by atoms with Gasteiger partial charge in [0, 0.05) is 6.54 Å². The fourth-order valence-electron chi connectivity index (χ4n) is 2.27. The van der Waals surface area contributed by atoms with E-state index in [2.05, 4.69) is 5.32 Å². The number of aliphatic hydroxyl groups is 4. The van der Waals surface area contributed by atoms with Gasteiger partial charge in [-0.1, -0.05) is 30.3 Å². The minimum atomic E-state index is -1.55. The van der Waals surface area contributed by atoms with E-state index in [1.807, 2.05) is 30.3 Å². The van der Waals surface area contributed by atoms with Crippen molar-refractivity contribution in [2.75, 3.05) is 13.2 Å². The normalized spacial score (nSPS) is 30.9. The van der Waals surface area contributed by atoms with Crippen molar-refractivity contribution in [2.24, 2.45) is 0 Å². The van der Waals surface area contributed by atoms with Crippen LogP contribution in [-0.2, 0) is 20.8 Å². The van der Waals surface area contributed by atoms with Crippen LogP contribution in [0, 0.1) is 0 Å². The number of benzene rings is 1. The minimum Gasteiger partial charge on any atom is -0.394 e. The van der Waals surface area contributed by atoms with Crippen LogP contribution in [0.5, 0.6) is 0 Å². The van der Waals surface area contributed by atoms with Crippen LogP contribution in [0.3, 0.4) is 0 Å². The lowest BCUT2D eigenvalue weighted by atomic mass is 9.99. The molecule has 0 spiro atoms. The topological polar surface area (TPSA) is 128 Å². The molecular weight excluding hydrogens is 306 g/mol. The van der Waals surface area contributed by atoms with Gasteiger partial charge in [-0.3, -0.25) is 4.79 Å². The summed E-state index contributed by atoms with van der Waals surface area (Å²) in [4.78, 5) is 11.7. The fraction of sp³-hybridized carbons (Fsp3) is 0.533. The van der Waals surface area contributed by atoms with E-state index in [0.717, 1.165) is 5.56 Å². The zero-order chi connectivity index (χ0) is 16.8. The van der Waals surface area contributed by atoms with Crippen molar-refractivity contribution in [3.63, 3.8) is 0 Å². The molecule has 2 rings (SSSR count). The van der Waals surface area contributed by atoms with Crippen LogP contribution in [0.25, 0.3) is 0 Å². The first-order valence-electron chi connectivity index (χ1n) is 7.25. The summed E-state index contributed by atoms with van der Waals surface area (Å²) < 4.78 is 10.1. The minimum absolute atomic E-state index is 0.324. The Bertz CT molecular complexity index is 498. The van der Waals surface area contributed by atoms with Crippen molar-refractivity contribution in [3.05, 3.63) is 35.9 Å². The summed E-state index contributed by atoms with van der Waals surface area (Å²) >= 11 is 0. The predicted octanol–water partition coefficient (Wildman–Crippen LogP) is -1.88. The van der Waals surface area contributed by atoms with Crippen LogP contribution in [-0.4, -0.2) is 70.3 Å². The average molecular weight is 327 g/mol. The molecule has 0 unspecified atom stereocenters. The summed E-state index contributed by atoms with van der Waals surface area (Å²) in [5.41, 5.74) is 0.920. The molecule has 128 valence electrons. The molecule has 0 aromatic heterocycles. The van der Waals surface area contributed by atoms with Crippen molar-refractivity contribution in [2.45, 2.75) is 37.3 Å². The SMILES string of the molecule is O=C(CO[C@@H]1[C@@H](O)[C@H](O)[C@@H](CO)O[C@@H]1O)NCc1ccccc1. The first kappa shape index (κ1) is 17.8. The van der Waals surface area contributed by atoms with E-state index in [4.69, 9.17) is 14.6 Å². The molecule has 1 aromatic rings. The van der Waals surface area contributed by atoms with Crippen molar-refractivity contribution in [1.29, 1.82) is 0 Å². The molecule has 23 heavy (non-hydrogen) atoms. The molecule has 0 saturated carbocycles. The molecule has 1 aliphatic rings. The second-order valence-corrected chi connectivity index (χ2v) is 5.27. The van der Waals surface area contributed by atoms with E-state index < -0.39 is 49.8 Å². The third-order valence-electron chi connectivity index (χ3n) is 3.58. The Balaban J connectivity index is 1.79. The van der Waals surface area contributed by atoms with Gasteiger partial charge in [0.2, 0.25) is 5.91 Å². The Hall–Kier alpha value is -1.55. The number of hydrogen-bond acceptors (Lipinski definition) is 7. The summed E-state index contributed by atoms with van der Waals surface area (Å²) in [5, 5.41) is 40.9. The number of carbonyl (C=O) groups is 1. The summed E-state index contributed by atoms with van der Waals surface area (Å²) in [6.45, 7) is -0.643. The lowest BCUT2D eigenvalue weighted by Gasteiger charge is -2.39. The van der Waals surface area contributed by atoms with Crippen molar-refractivity contribution in [1.82, 2.24) is 5.32 Å². The third-order valence-corrected chi connectivity index (χ3v) is 3.58. The maximum Gasteiger partial charge on any atom is 0.246 e. The Labute approximate surface area is 133 Å². The predicted molar refractivity (Wildman–Crippen MR) is 78.0 cm³/mol. The average Bonchev–Trinajstić information content (AvgIpc) is 2.57. The zero-order valence-electron chi connectivity index (χ0n) is 12.4. The summed E-state index contributed by atoms with van der Waals surface area (Å²) in [6, 6.07) is 9.28. The molecular formula is C15H21NO7. The van der Waals surface area contributed by atoms with Crippen LogP contribution in [0.4, 0.5) is 0 Å². The van der Waals surface area contributed by atoms with E-state index in [0.29, 0.717) is 6.54 Å². The quantitative estimate of drug-likeness (QED) is 0.413. The molecule has 0 radical (unpaired) electrons. The molecule has 5 atom stereocenters. The summed E-state index contributed by atoms with van der Waals surface area (Å²) in [7, 11) is 0. The van der Waals surface area contributed by atoms with Gasteiger partial charge >= 0.3 is 0 Å². The fourth-order valence-corrected chi connectivity index (χ4v) is 2.27. The molecule has 0 bridgehead atoms. The number of aliphatic hydroxyl groups excluding tert-OH is 4. The van der Waals surface area contributed by atoms with Gasteiger partial charge < -0.3 is 35.2 Å². The largest absolute Gasteiger partial charge is 0.394 e. The first-order chi connectivity index (χ1) is 11.0. The van der Waals surface area contributed by atoms with Gasteiger partial charge in [-0.05, 0) is 5.56 Å². The summed E-state index contributed by atoms with van der Waals surface area (Å²) in [5.74, 6) is -0.438. The Morgan fingerprint density at radius 1 is 1.17 bits per heavy atom. The maximum absolute atomic E-state index is 11.7. The van der Waals surface area contributed by atoms with Crippen molar-refractivity contribution >= 4 is 5.91 Å². The zero-order valence-corrected chi connectivity index (χ0v) is 12.4. The Kier molecular flexibility index (Phi) is 6.46. The molecule has 5 N–H and O–H groups in total. The third kappa shape index (κ3) is 4.71. The highest BCUT2D eigenvalue weighted by Gasteiger charge is 2.44. The monoisotopic (exact) mass is 327 g/mol. The number of ether oxygens (including phenoxy) is 2. The van der Waals surface area contributed by atoms with E-state index in [9.17, 15) is 20.1 Å². The number of carbonyl (C=O) groups excluding carboxylic acids is 1. The second kappa shape index (κ2) is 8.34. The highest BCUT2D eigenvalue weighted by Crippen LogP contribution is 2.21. The van der Waals surface area contributed by atoms with Crippen LogP contribution in [0.15, 0.2) is 30.3 Å². The molecule has 8 nitrogen and oxygen atoms in total. The van der Waals surface area contributed by atoms with Gasteiger partial charge in [0.1, 0.15) is 31.0 Å². The molecule has 1 heterocycles. The number of amides is 1. The van der Waals surface area contributed by atoms with Crippen LogP contribution in [0.1, 0.15) is 5.56 Å². The maximum atomic E-state index is 11.7. The van der Waals surface area contributed by atoms with Gasteiger partial charge in [-0.2, -0.15) is 0 Å². The highest BCUT2D eigenvalue weighted by molar-refractivity contribution is 5.77. The molecule has 1 aliphatic heterocycles. The molecule has 8 heteroatoms. The van der Waals surface area contributed by atoms with Crippen LogP contribution >= 0.6 is 0 Å². The van der Waals surface area contributed by atoms with E-state index in [-0.39, 0.29) is 0 Å². The van der Waals surface area contributed by atoms with Crippen molar-refractivity contribution in [3.8, 4) is 0 Å². The van der Waals surface area contributed by atoms with Gasteiger partial charge in [-0.25, -0.2) is 0 Å². The smallest absolute Gasteiger partial charge is 0.246 e. The van der Waals surface area contributed by atoms with E-state index in [1.165, 1.54) is 0 Å². The lowest BCUT2D eigenvalue weighted by Crippen LogP contribution is -2.59. The van der Waals surface area contributed by atoms with Crippen molar-refractivity contribution < 1.29 is 34.7 Å². The number of hydrogen-bond donors (Lipinski definition) is 5. The first-order valence-corrected chi connectivity index (χ1v) is 7.25. The Morgan fingerprint density at radius 2 is 1.87 bits per heavy atom. The second-order valence-electron chi connectivity index (χ2n) is 5.27. The van der Waals surface area contributed by atoms with Crippen LogP contribution in [0.2, 0.25) is 0 Å². The van der Waals surface area contributed by atoms with Gasteiger partial charge in [0.25, 0.3) is 0 Å². The van der Waals surface area contributed by atoms with Gasteiger partial charge in [0.15, 0.2) is 6.29 Å². The van der Waals surface area contributed by atoms with Gasteiger partial charge in [0.05, 0.1) is 6.61 Å². The highest BCUT2D eigenvalue weighted by atomic mass is 16.7. The molecule has 1 aromatic carbocycles. The summed E-state index contributed by atoms with van der Waals surface area (Å²) in [6.07, 6.45) is -6.83. The molecule has 1 fully saturated rings. The molecule has 1 saturated heterocycles. The van der Waals surface area contributed by atoms with E-state index in [1.54, 1.807) is 0 Å². The standard InChI is InChI=1S/C15H21NO7/c17-7-10-12(19)13(20)14(15(21)23-10)22-8-11(18)16-6-9-4-2-1-3-5-9/h1-5,10,12-15,17,19-21H,6-8H2,(H,16,18)/t10-,12-,13+,14-,15+/m1/s1. The number of nitrogens with one attached hydrogen (secondary N) is 1. The Morgan fingerprint density at radius 3 is 2.52 bits per heavy atom. The lowest BCUT2D eigenvalue weighted by molar-refractivity contribution is -0.295. The van der Waals surface area contributed by atoms with E-state index >= 15 is 0 Å². The van der Waals surface area contributed by atoms with Gasteiger partial charge in [-0.15, -0.1) is 0 Å².